The molecule has 1 aromatic rings. The van der Waals surface area contributed by atoms with Gasteiger partial charge < -0.3 is 35.4 Å². The summed E-state index contributed by atoms with van der Waals surface area (Å²) in [5.74, 6) is -0.485. The van der Waals surface area contributed by atoms with Crippen molar-refractivity contribution in [2.45, 2.75) is 42.9 Å². The van der Waals surface area contributed by atoms with Crippen molar-refractivity contribution in [3.8, 4) is 5.75 Å². The van der Waals surface area contributed by atoms with Crippen LogP contribution in [-0.2, 0) is 11.2 Å². The van der Waals surface area contributed by atoms with Crippen molar-refractivity contribution in [3.63, 3.8) is 0 Å². The Hall–Kier alpha value is -1.90. The molecule has 2 aliphatic rings. The molecule has 1 heterocycles. The molecule has 0 saturated carbocycles. The van der Waals surface area contributed by atoms with Gasteiger partial charge in [0.1, 0.15) is 41.5 Å². The van der Waals surface area contributed by atoms with Crippen molar-refractivity contribution in [1.29, 1.82) is 0 Å². The van der Waals surface area contributed by atoms with Crippen molar-refractivity contribution in [1.82, 2.24) is 0 Å². The Morgan fingerprint density at radius 1 is 1.04 bits per heavy atom. The third-order valence-corrected chi connectivity index (χ3v) is 5.11. The highest BCUT2D eigenvalue weighted by Crippen LogP contribution is 2.38. The monoisotopic (exact) mass is 364 g/mol. The molecule has 1 saturated heterocycles. The van der Waals surface area contributed by atoms with Gasteiger partial charge in [-0.2, -0.15) is 0 Å². The summed E-state index contributed by atoms with van der Waals surface area (Å²) in [6.07, 6.45) is 0.00156. The maximum atomic E-state index is 11.2. The Balaban J connectivity index is 1.79. The number of ether oxygens (including phenoxy) is 1. The highest BCUT2D eigenvalue weighted by molar-refractivity contribution is 5.30. The van der Waals surface area contributed by atoms with E-state index in [0.29, 0.717) is 12.8 Å². The fourth-order valence-electron chi connectivity index (χ4n) is 3.58. The first-order valence-corrected chi connectivity index (χ1v) is 8.57. The molecule has 1 aliphatic carbocycles. The van der Waals surface area contributed by atoms with Crippen LogP contribution in [0, 0.1) is 5.92 Å². The van der Waals surface area contributed by atoms with Crippen LogP contribution in [0.25, 0.3) is 0 Å². The fraction of sp³-hybridized carbons (Fsp3) is 0.474. The molecular formula is C19H24O7. The average Bonchev–Trinajstić information content (AvgIpc) is 2.60. The lowest BCUT2D eigenvalue weighted by Gasteiger charge is -2.46. The first-order valence-electron chi connectivity index (χ1n) is 8.57. The van der Waals surface area contributed by atoms with E-state index in [0.717, 1.165) is 5.56 Å². The van der Waals surface area contributed by atoms with Crippen LogP contribution in [0.4, 0.5) is 0 Å². The standard InChI is InChI=1S/C19H24O7/c20-13-6-2-11(3-7-13)1-4-12-5-8-14(21)9-19(12,25)18-17(24)16(23)15(22)10-26-18/h2-3,5-9,12,15-18,20-25H,1,4,10H2/t12?,15-,16+,17-,18?,19?/m1/s1. The topological polar surface area (TPSA) is 131 Å². The molecule has 1 aromatic carbocycles. The molecule has 1 fully saturated rings. The van der Waals surface area contributed by atoms with Crippen molar-refractivity contribution < 1.29 is 35.4 Å². The van der Waals surface area contributed by atoms with E-state index >= 15 is 0 Å². The van der Waals surface area contributed by atoms with E-state index < -0.39 is 35.9 Å². The molecular weight excluding hydrogens is 340 g/mol. The van der Waals surface area contributed by atoms with E-state index in [9.17, 15) is 30.6 Å². The molecule has 6 atom stereocenters. The average molecular weight is 364 g/mol. The number of aryl methyl sites for hydroxylation is 1. The summed E-state index contributed by atoms with van der Waals surface area (Å²) in [6.45, 7) is -0.228. The molecule has 0 amide bonds. The Bertz CT molecular complexity index is 684. The summed E-state index contributed by atoms with van der Waals surface area (Å²) >= 11 is 0. The zero-order valence-electron chi connectivity index (χ0n) is 14.1. The molecule has 0 aromatic heterocycles. The molecule has 3 unspecified atom stereocenters. The summed E-state index contributed by atoms with van der Waals surface area (Å²) in [5, 5.41) is 60.3. The molecule has 6 N–H and O–H groups in total. The van der Waals surface area contributed by atoms with Crippen molar-refractivity contribution in [2.24, 2.45) is 5.92 Å². The van der Waals surface area contributed by atoms with E-state index in [2.05, 4.69) is 0 Å². The lowest BCUT2D eigenvalue weighted by atomic mass is 9.73. The van der Waals surface area contributed by atoms with E-state index in [1.807, 2.05) is 0 Å². The Morgan fingerprint density at radius 2 is 1.73 bits per heavy atom. The number of aliphatic hydroxyl groups is 5. The molecule has 7 nitrogen and oxygen atoms in total. The molecule has 3 rings (SSSR count). The van der Waals surface area contributed by atoms with Gasteiger partial charge in [0.15, 0.2) is 0 Å². The SMILES string of the molecule is OC1=CC(O)(C2OC[C@@H](O)[C@H](O)[C@H]2O)C(CCc2ccc(O)cc2)C=C1. The summed E-state index contributed by atoms with van der Waals surface area (Å²) in [5.41, 5.74) is -0.783. The lowest BCUT2D eigenvalue weighted by molar-refractivity contribution is -0.234. The maximum absolute atomic E-state index is 11.2. The van der Waals surface area contributed by atoms with Crippen LogP contribution in [-0.4, -0.2) is 67.3 Å². The number of aliphatic hydroxyl groups excluding tert-OH is 4. The van der Waals surface area contributed by atoms with Crippen LogP contribution >= 0.6 is 0 Å². The van der Waals surface area contributed by atoms with Crippen LogP contribution in [0.1, 0.15) is 12.0 Å². The van der Waals surface area contributed by atoms with E-state index in [4.69, 9.17) is 4.74 Å². The minimum Gasteiger partial charge on any atom is -0.508 e. The third-order valence-electron chi connectivity index (χ3n) is 5.11. The van der Waals surface area contributed by atoms with Crippen molar-refractivity contribution >= 4 is 0 Å². The van der Waals surface area contributed by atoms with E-state index in [-0.39, 0.29) is 18.1 Å². The summed E-state index contributed by atoms with van der Waals surface area (Å²) in [4.78, 5) is 0. The third kappa shape index (κ3) is 3.62. The molecule has 7 heteroatoms. The van der Waals surface area contributed by atoms with Crippen LogP contribution in [0.5, 0.6) is 5.75 Å². The largest absolute Gasteiger partial charge is 0.508 e. The second kappa shape index (κ2) is 7.38. The summed E-state index contributed by atoms with van der Waals surface area (Å²) < 4.78 is 5.43. The lowest BCUT2D eigenvalue weighted by Crippen LogP contribution is -2.63. The quantitative estimate of drug-likeness (QED) is 0.449. The zero-order chi connectivity index (χ0) is 18.9. The fourth-order valence-corrected chi connectivity index (χ4v) is 3.58. The van der Waals surface area contributed by atoms with Crippen LogP contribution in [0.3, 0.4) is 0 Å². The number of hydrogen-bond acceptors (Lipinski definition) is 7. The van der Waals surface area contributed by atoms with Gasteiger partial charge in [0.25, 0.3) is 0 Å². The molecule has 0 bridgehead atoms. The molecule has 142 valence electrons. The Labute approximate surface area is 151 Å². The van der Waals surface area contributed by atoms with Gasteiger partial charge in [-0.3, -0.25) is 0 Å². The smallest absolute Gasteiger partial charge is 0.121 e. The van der Waals surface area contributed by atoms with Gasteiger partial charge in [0.05, 0.1) is 6.61 Å². The van der Waals surface area contributed by atoms with Gasteiger partial charge in [-0.1, -0.05) is 18.2 Å². The number of benzene rings is 1. The summed E-state index contributed by atoms with van der Waals surface area (Å²) in [7, 11) is 0. The predicted octanol–water partition coefficient (Wildman–Crippen LogP) is 0.165. The maximum Gasteiger partial charge on any atom is 0.121 e. The number of hydrogen-bond donors (Lipinski definition) is 6. The van der Waals surface area contributed by atoms with Gasteiger partial charge in [-0.05, 0) is 42.7 Å². The minimum atomic E-state index is -1.74. The normalized spacial score (nSPS) is 37.4. The van der Waals surface area contributed by atoms with Gasteiger partial charge >= 0.3 is 0 Å². The van der Waals surface area contributed by atoms with Gasteiger partial charge in [-0.25, -0.2) is 0 Å². The molecule has 1 aliphatic heterocycles. The first-order chi connectivity index (χ1) is 12.3. The number of allylic oxidation sites excluding steroid dienone is 1. The van der Waals surface area contributed by atoms with Crippen LogP contribution in [0.15, 0.2) is 48.3 Å². The first kappa shape index (κ1) is 18.9. The van der Waals surface area contributed by atoms with Crippen LogP contribution < -0.4 is 0 Å². The van der Waals surface area contributed by atoms with Crippen molar-refractivity contribution in [3.05, 3.63) is 53.8 Å². The van der Waals surface area contributed by atoms with Crippen LogP contribution in [0.2, 0.25) is 0 Å². The highest BCUT2D eigenvalue weighted by Gasteiger charge is 2.52. The minimum absolute atomic E-state index is 0.162. The second-order valence-electron chi connectivity index (χ2n) is 6.93. The van der Waals surface area contributed by atoms with E-state index in [1.54, 1.807) is 30.3 Å². The second-order valence-corrected chi connectivity index (χ2v) is 6.93. The van der Waals surface area contributed by atoms with Gasteiger partial charge in [0, 0.05) is 5.92 Å². The Kier molecular flexibility index (Phi) is 5.36. The predicted molar refractivity (Wildman–Crippen MR) is 92.5 cm³/mol. The van der Waals surface area contributed by atoms with E-state index in [1.165, 1.54) is 12.2 Å². The highest BCUT2D eigenvalue weighted by atomic mass is 16.5. The molecule has 0 spiro atoms. The number of rotatable bonds is 4. The zero-order valence-corrected chi connectivity index (χ0v) is 14.1. The molecule has 26 heavy (non-hydrogen) atoms. The number of aromatic hydroxyl groups is 1. The van der Waals surface area contributed by atoms with Gasteiger partial charge in [0.2, 0.25) is 0 Å². The summed E-state index contributed by atoms with van der Waals surface area (Å²) in [6, 6.07) is 6.71. The number of phenols is 1. The van der Waals surface area contributed by atoms with Gasteiger partial charge in [-0.15, -0.1) is 0 Å². The van der Waals surface area contributed by atoms with Crippen molar-refractivity contribution in [2.75, 3.05) is 6.61 Å². The Morgan fingerprint density at radius 3 is 2.42 bits per heavy atom. The number of phenolic OH excluding ortho intramolecular Hbond substituents is 1. The molecule has 0 radical (unpaired) electrons.